The van der Waals surface area contributed by atoms with Crippen molar-refractivity contribution in [3.8, 4) is 0 Å². The van der Waals surface area contributed by atoms with Gasteiger partial charge >= 0.3 is 12.0 Å². The van der Waals surface area contributed by atoms with Crippen LogP contribution in [0.1, 0.15) is 18.7 Å². The number of hydrogen-bond donors (Lipinski definition) is 2. The molecule has 1 atom stereocenters. The number of ether oxygens (including phenoxy) is 1. The Morgan fingerprint density at radius 1 is 1.31 bits per heavy atom. The van der Waals surface area contributed by atoms with Gasteiger partial charge in [0.25, 0.3) is 0 Å². The van der Waals surface area contributed by atoms with Gasteiger partial charge in [0.2, 0.25) is 0 Å². The second-order valence-electron chi connectivity index (χ2n) is 5.38. The number of carbonyl (C=O) groups excluding carboxylic acids is 2. The fraction of sp³-hybridized carbons (Fsp3) is 0.222. The maximum Gasteiger partial charge on any atom is 0.338 e. The van der Waals surface area contributed by atoms with Crippen LogP contribution in [-0.4, -0.2) is 24.4 Å². The van der Waals surface area contributed by atoms with Gasteiger partial charge in [0.05, 0.1) is 18.4 Å². The molecule has 1 aliphatic rings. The van der Waals surface area contributed by atoms with Gasteiger partial charge in [-0.1, -0.05) is 12.1 Å². The highest BCUT2D eigenvalue weighted by Crippen LogP contribution is 2.31. The maximum absolute atomic E-state index is 13.9. The van der Waals surface area contributed by atoms with Crippen LogP contribution in [0.4, 0.5) is 9.18 Å². The lowest BCUT2D eigenvalue weighted by Crippen LogP contribution is -2.46. The fourth-order valence-corrected chi connectivity index (χ4v) is 3.47. The Bertz CT molecular complexity index is 835. The fourth-order valence-electron chi connectivity index (χ4n) is 2.56. The quantitative estimate of drug-likeness (QED) is 0.597. The number of rotatable bonds is 6. The maximum atomic E-state index is 13.9. The largest absolute Gasteiger partial charge is 0.467 e. The van der Waals surface area contributed by atoms with Gasteiger partial charge in [-0.05, 0) is 31.2 Å². The number of amides is 2. The zero-order chi connectivity index (χ0) is 18.5. The molecule has 0 saturated carbocycles. The molecule has 8 heteroatoms. The van der Waals surface area contributed by atoms with Crippen molar-refractivity contribution in [2.45, 2.75) is 17.9 Å². The van der Waals surface area contributed by atoms with Gasteiger partial charge in [-0.25, -0.2) is 14.0 Å². The van der Waals surface area contributed by atoms with E-state index in [9.17, 15) is 14.0 Å². The number of furan rings is 1. The van der Waals surface area contributed by atoms with E-state index in [1.807, 2.05) is 0 Å². The lowest BCUT2D eigenvalue weighted by atomic mass is 10.0. The molecule has 1 aromatic carbocycles. The minimum absolute atomic E-state index is 0.189. The number of nitrogens with one attached hydrogen (secondary N) is 2. The predicted octanol–water partition coefficient (Wildman–Crippen LogP) is 3.38. The first-order valence-corrected chi connectivity index (χ1v) is 8.97. The number of urea groups is 1. The summed E-state index contributed by atoms with van der Waals surface area (Å²) in [6, 6.07) is 8.41. The van der Waals surface area contributed by atoms with Gasteiger partial charge in [-0.15, -0.1) is 11.8 Å². The summed E-state index contributed by atoms with van der Waals surface area (Å²) in [7, 11) is 0. The van der Waals surface area contributed by atoms with Crippen molar-refractivity contribution >= 4 is 23.8 Å². The molecule has 136 valence electrons. The topological polar surface area (TPSA) is 80.6 Å². The molecule has 0 fully saturated rings. The molecule has 0 bridgehead atoms. The Labute approximate surface area is 153 Å². The van der Waals surface area contributed by atoms with Crippen molar-refractivity contribution in [2.24, 2.45) is 0 Å². The first-order valence-electron chi connectivity index (χ1n) is 7.98. The second-order valence-corrected chi connectivity index (χ2v) is 6.40. The summed E-state index contributed by atoms with van der Waals surface area (Å²) in [5.41, 5.74) is 0.604. The van der Waals surface area contributed by atoms with Crippen molar-refractivity contribution in [2.75, 3.05) is 12.4 Å². The smallest absolute Gasteiger partial charge is 0.338 e. The zero-order valence-electron chi connectivity index (χ0n) is 14.0. The molecule has 26 heavy (non-hydrogen) atoms. The lowest BCUT2D eigenvalue weighted by molar-refractivity contribution is -0.139. The van der Waals surface area contributed by atoms with Gasteiger partial charge < -0.3 is 19.8 Å². The molecule has 2 aromatic rings. The SMILES string of the molecule is CCOC(=O)C1=C(CSc2ccccc2F)NC(=O)NC1c1ccco1. The summed E-state index contributed by atoms with van der Waals surface area (Å²) in [5, 5.41) is 5.29. The van der Waals surface area contributed by atoms with Crippen molar-refractivity contribution in [1.29, 1.82) is 0 Å². The van der Waals surface area contributed by atoms with Crippen LogP contribution >= 0.6 is 11.8 Å². The van der Waals surface area contributed by atoms with E-state index in [0.717, 1.165) is 0 Å². The zero-order valence-corrected chi connectivity index (χ0v) is 14.8. The van der Waals surface area contributed by atoms with E-state index in [0.29, 0.717) is 16.4 Å². The van der Waals surface area contributed by atoms with Crippen molar-refractivity contribution in [3.05, 3.63) is 65.5 Å². The van der Waals surface area contributed by atoms with E-state index in [1.165, 1.54) is 24.1 Å². The Hall–Kier alpha value is -2.74. The van der Waals surface area contributed by atoms with Crippen LogP contribution in [0, 0.1) is 5.82 Å². The number of thioether (sulfide) groups is 1. The summed E-state index contributed by atoms with van der Waals surface area (Å²) in [4.78, 5) is 25.0. The summed E-state index contributed by atoms with van der Waals surface area (Å²) in [6.45, 7) is 1.89. The van der Waals surface area contributed by atoms with E-state index < -0.39 is 18.0 Å². The molecule has 1 unspecified atom stereocenters. The normalized spacial score (nSPS) is 16.8. The second kappa shape index (κ2) is 8.09. The Morgan fingerprint density at radius 3 is 2.81 bits per heavy atom. The van der Waals surface area contributed by atoms with E-state index in [2.05, 4.69) is 10.6 Å². The first kappa shape index (κ1) is 18.1. The third-order valence-corrected chi connectivity index (χ3v) is 4.76. The summed E-state index contributed by atoms with van der Waals surface area (Å²) >= 11 is 1.18. The molecule has 3 rings (SSSR count). The van der Waals surface area contributed by atoms with Crippen molar-refractivity contribution in [1.82, 2.24) is 10.6 Å². The molecule has 6 nitrogen and oxygen atoms in total. The molecule has 1 aromatic heterocycles. The highest BCUT2D eigenvalue weighted by atomic mass is 32.2. The van der Waals surface area contributed by atoms with Crippen LogP contribution < -0.4 is 10.6 Å². The summed E-state index contributed by atoms with van der Waals surface area (Å²) in [6.07, 6.45) is 1.46. The van der Waals surface area contributed by atoms with Crippen LogP contribution in [0.2, 0.25) is 0 Å². The minimum Gasteiger partial charge on any atom is -0.467 e. The molecule has 1 aliphatic heterocycles. The summed E-state index contributed by atoms with van der Waals surface area (Å²) < 4.78 is 24.4. The van der Waals surface area contributed by atoms with Crippen LogP contribution in [0.25, 0.3) is 0 Å². The van der Waals surface area contributed by atoms with Crippen molar-refractivity contribution in [3.63, 3.8) is 0 Å². The van der Waals surface area contributed by atoms with E-state index in [1.54, 1.807) is 37.3 Å². The predicted molar refractivity (Wildman–Crippen MR) is 93.9 cm³/mol. The van der Waals surface area contributed by atoms with E-state index >= 15 is 0 Å². The molecule has 0 spiro atoms. The average molecular weight is 376 g/mol. The van der Waals surface area contributed by atoms with Gasteiger partial charge in [0, 0.05) is 16.3 Å². The molecule has 0 saturated heterocycles. The van der Waals surface area contributed by atoms with Gasteiger partial charge in [0.15, 0.2) is 0 Å². The number of halogens is 1. The van der Waals surface area contributed by atoms with E-state index in [-0.39, 0.29) is 23.8 Å². The van der Waals surface area contributed by atoms with Crippen LogP contribution in [0.3, 0.4) is 0 Å². The number of esters is 1. The average Bonchev–Trinajstić information content (AvgIpc) is 3.15. The van der Waals surface area contributed by atoms with Crippen molar-refractivity contribution < 1.29 is 23.1 Å². The number of hydrogen-bond acceptors (Lipinski definition) is 5. The monoisotopic (exact) mass is 376 g/mol. The highest BCUT2D eigenvalue weighted by molar-refractivity contribution is 7.99. The lowest BCUT2D eigenvalue weighted by Gasteiger charge is -2.27. The third-order valence-electron chi connectivity index (χ3n) is 3.69. The Balaban J connectivity index is 1.94. The third kappa shape index (κ3) is 3.91. The number of benzene rings is 1. The molecule has 0 radical (unpaired) electrons. The van der Waals surface area contributed by atoms with Gasteiger partial charge in [-0.3, -0.25) is 0 Å². The van der Waals surface area contributed by atoms with Crippen LogP contribution in [0.5, 0.6) is 0 Å². The molecular weight excluding hydrogens is 359 g/mol. The number of carbonyl (C=O) groups is 2. The Kier molecular flexibility index (Phi) is 5.62. The van der Waals surface area contributed by atoms with Gasteiger partial charge in [0.1, 0.15) is 17.6 Å². The first-order chi connectivity index (χ1) is 12.6. The molecule has 2 N–H and O–H groups in total. The van der Waals surface area contributed by atoms with Crippen LogP contribution in [0.15, 0.2) is 63.2 Å². The molecule has 2 heterocycles. The van der Waals surface area contributed by atoms with Gasteiger partial charge in [-0.2, -0.15) is 0 Å². The highest BCUT2D eigenvalue weighted by Gasteiger charge is 2.35. The molecule has 2 amide bonds. The molecular formula is C18H17FN2O4S. The van der Waals surface area contributed by atoms with E-state index in [4.69, 9.17) is 9.15 Å². The van der Waals surface area contributed by atoms with Crippen LogP contribution in [-0.2, 0) is 9.53 Å². The molecule has 0 aliphatic carbocycles. The summed E-state index contributed by atoms with van der Waals surface area (Å²) in [5.74, 6) is -0.319. The standard InChI is InChI=1S/C18H17FN2O4S/c1-2-24-17(22)15-12(10-26-14-8-4-3-6-11(14)19)20-18(23)21-16(15)13-7-5-9-25-13/h3-9,16H,2,10H2,1H3,(H2,20,21,23). The minimum atomic E-state index is -0.769. The Morgan fingerprint density at radius 2 is 2.12 bits per heavy atom.